The van der Waals surface area contributed by atoms with Crippen molar-refractivity contribution in [2.75, 3.05) is 13.1 Å². The summed E-state index contributed by atoms with van der Waals surface area (Å²) in [5.41, 5.74) is 0.532. The molecule has 1 saturated heterocycles. The van der Waals surface area contributed by atoms with Crippen LogP contribution in [0.15, 0.2) is 30.3 Å². The van der Waals surface area contributed by atoms with Crippen molar-refractivity contribution in [1.29, 1.82) is 0 Å². The number of likely N-dealkylation sites (tertiary alicyclic amines) is 1. The van der Waals surface area contributed by atoms with Gasteiger partial charge < -0.3 is 20.4 Å². The van der Waals surface area contributed by atoms with Crippen molar-refractivity contribution in [3.63, 3.8) is 0 Å². The van der Waals surface area contributed by atoms with Crippen molar-refractivity contribution in [2.24, 2.45) is 5.92 Å². The van der Waals surface area contributed by atoms with Crippen molar-refractivity contribution in [3.05, 3.63) is 35.9 Å². The molecule has 2 rings (SSSR count). The zero-order valence-corrected chi connectivity index (χ0v) is 11.9. The van der Waals surface area contributed by atoms with Gasteiger partial charge in [0.25, 0.3) is 0 Å². The van der Waals surface area contributed by atoms with E-state index in [0.29, 0.717) is 18.7 Å². The topological polar surface area (TPSA) is 89.9 Å². The summed E-state index contributed by atoms with van der Waals surface area (Å²) < 4.78 is 0. The Balaban J connectivity index is 2.02. The highest BCUT2D eigenvalue weighted by atomic mass is 16.4. The van der Waals surface area contributed by atoms with E-state index in [1.807, 2.05) is 0 Å². The lowest BCUT2D eigenvalue weighted by atomic mass is 10.0. The van der Waals surface area contributed by atoms with Gasteiger partial charge in [0.2, 0.25) is 0 Å². The number of nitrogens with zero attached hydrogens (tertiary/aromatic N) is 1. The molecule has 6 nitrogen and oxygen atoms in total. The molecule has 0 aromatic heterocycles. The first kappa shape index (κ1) is 15.3. The van der Waals surface area contributed by atoms with Crippen LogP contribution in [0.1, 0.15) is 24.9 Å². The second-order valence-electron chi connectivity index (χ2n) is 5.37. The number of amides is 2. The van der Waals surface area contributed by atoms with Crippen LogP contribution < -0.4 is 5.32 Å². The lowest BCUT2D eigenvalue weighted by Crippen LogP contribution is -2.43. The van der Waals surface area contributed by atoms with E-state index >= 15 is 0 Å². The molecule has 0 spiro atoms. The molecule has 0 saturated carbocycles. The maximum atomic E-state index is 12.2. The van der Waals surface area contributed by atoms with E-state index in [1.54, 1.807) is 42.2 Å². The number of nitrogens with one attached hydrogen (secondary N) is 1. The van der Waals surface area contributed by atoms with E-state index in [-0.39, 0.29) is 5.92 Å². The van der Waals surface area contributed by atoms with Gasteiger partial charge in [-0.15, -0.1) is 0 Å². The average molecular weight is 292 g/mol. The van der Waals surface area contributed by atoms with E-state index in [9.17, 15) is 19.8 Å². The second kappa shape index (κ2) is 6.58. The normalized spacial score (nSPS) is 20.9. The second-order valence-corrected chi connectivity index (χ2v) is 5.37. The maximum absolute atomic E-state index is 12.2. The number of carbonyl (C=O) groups is 2. The minimum atomic E-state index is -1.10. The molecular weight excluding hydrogens is 272 g/mol. The van der Waals surface area contributed by atoms with E-state index in [2.05, 4.69) is 5.32 Å². The summed E-state index contributed by atoms with van der Waals surface area (Å²) in [5, 5.41) is 21.4. The van der Waals surface area contributed by atoms with Gasteiger partial charge in [-0.2, -0.15) is 0 Å². The average Bonchev–Trinajstić information content (AvgIpc) is 2.95. The highest BCUT2D eigenvalue weighted by Crippen LogP contribution is 2.20. The molecule has 1 aliphatic heterocycles. The molecule has 1 fully saturated rings. The Labute approximate surface area is 123 Å². The number of aliphatic hydroxyl groups excluding tert-OH is 1. The summed E-state index contributed by atoms with van der Waals surface area (Å²) in [4.78, 5) is 25.1. The molecule has 0 radical (unpaired) electrons. The number of benzene rings is 1. The molecule has 2 amide bonds. The summed E-state index contributed by atoms with van der Waals surface area (Å²) in [6.07, 6.45) is 0.265. The number of carboxylic acids is 1. The molecule has 6 heteroatoms. The fraction of sp³-hybridized carbons (Fsp3) is 0.467. The third-order valence-electron chi connectivity index (χ3n) is 3.84. The summed E-state index contributed by atoms with van der Waals surface area (Å²) in [5.74, 6) is -1.04. The lowest BCUT2D eigenvalue weighted by molar-refractivity contribution is -0.139. The predicted molar refractivity (Wildman–Crippen MR) is 76.7 cm³/mol. The van der Waals surface area contributed by atoms with Crippen LogP contribution in [0.25, 0.3) is 0 Å². The predicted octanol–water partition coefficient (Wildman–Crippen LogP) is 1.22. The van der Waals surface area contributed by atoms with E-state index in [4.69, 9.17) is 0 Å². The molecule has 21 heavy (non-hydrogen) atoms. The number of carbonyl (C=O) groups excluding carboxylic acids is 1. The molecule has 114 valence electrons. The van der Waals surface area contributed by atoms with Crippen LogP contribution >= 0.6 is 0 Å². The van der Waals surface area contributed by atoms with Crippen LogP contribution in [0.3, 0.4) is 0 Å². The molecule has 2 unspecified atom stereocenters. The molecule has 3 atom stereocenters. The Hall–Kier alpha value is -2.08. The third kappa shape index (κ3) is 3.72. The summed E-state index contributed by atoms with van der Waals surface area (Å²) in [7, 11) is 0. The Kier molecular flexibility index (Phi) is 4.80. The SMILES string of the molecule is CC(O)C1CCN(C(=O)N[C@@H](C(=O)O)c2ccccc2)C1. The molecule has 1 heterocycles. The lowest BCUT2D eigenvalue weighted by Gasteiger charge is -2.21. The Bertz CT molecular complexity index is 504. The van der Waals surface area contributed by atoms with E-state index in [1.165, 1.54) is 0 Å². The number of urea groups is 1. The molecule has 1 aliphatic rings. The van der Waals surface area contributed by atoms with Gasteiger partial charge in [-0.05, 0) is 18.9 Å². The summed E-state index contributed by atoms with van der Waals surface area (Å²) >= 11 is 0. The van der Waals surface area contributed by atoms with Gasteiger partial charge in [0.05, 0.1) is 6.10 Å². The van der Waals surface area contributed by atoms with Gasteiger partial charge in [0.1, 0.15) is 0 Å². The number of rotatable bonds is 4. The van der Waals surface area contributed by atoms with Gasteiger partial charge in [0.15, 0.2) is 6.04 Å². The minimum Gasteiger partial charge on any atom is -0.479 e. The molecule has 0 bridgehead atoms. The Morgan fingerprint density at radius 2 is 2.00 bits per heavy atom. The van der Waals surface area contributed by atoms with Gasteiger partial charge in [-0.3, -0.25) is 0 Å². The molecular formula is C15H20N2O4. The fourth-order valence-electron chi connectivity index (χ4n) is 2.51. The van der Waals surface area contributed by atoms with Crippen molar-refractivity contribution in [2.45, 2.75) is 25.5 Å². The monoisotopic (exact) mass is 292 g/mol. The van der Waals surface area contributed by atoms with Crippen molar-refractivity contribution in [1.82, 2.24) is 10.2 Å². The summed E-state index contributed by atoms with van der Waals surface area (Å²) in [6.45, 7) is 2.68. The largest absolute Gasteiger partial charge is 0.479 e. The van der Waals surface area contributed by atoms with Gasteiger partial charge >= 0.3 is 12.0 Å². The fourth-order valence-corrected chi connectivity index (χ4v) is 2.51. The first-order chi connectivity index (χ1) is 9.99. The zero-order chi connectivity index (χ0) is 15.4. The van der Waals surface area contributed by atoms with Crippen LogP contribution in [0, 0.1) is 5.92 Å². The van der Waals surface area contributed by atoms with Gasteiger partial charge in [-0.25, -0.2) is 9.59 Å². The van der Waals surface area contributed by atoms with E-state index < -0.39 is 24.1 Å². The highest BCUT2D eigenvalue weighted by molar-refractivity contribution is 5.83. The Morgan fingerprint density at radius 1 is 1.33 bits per heavy atom. The molecule has 0 aliphatic carbocycles. The molecule has 3 N–H and O–H groups in total. The highest BCUT2D eigenvalue weighted by Gasteiger charge is 2.31. The van der Waals surface area contributed by atoms with Gasteiger partial charge in [-0.1, -0.05) is 30.3 Å². The quantitative estimate of drug-likeness (QED) is 0.778. The van der Waals surface area contributed by atoms with Crippen LogP contribution in [0.2, 0.25) is 0 Å². The molecule has 1 aromatic carbocycles. The first-order valence-corrected chi connectivity index (χ1v) is 7.00. The van der Waals surface area contributed by atoms with E-state index in [0.717, 1.165) is 6.42 Å². The number of carboxylic acid groups (broad SMARTS) is 1. The maximum Gasteiger partial charge on any atom is 0.330 e. The number of hydrogen-bond donors (Lipinski definition) is 3. The molecule has 1 aromatic rings. The minimum absolute atomic E-state index is 0.0516. The van der Waals surface area contributed by atoms with Crippen molar-refractivity contribution >= 4 is 12.0 Å². The van der Waals surface area contributed by atoms with Crippen LogP contribution in [0.5, 0.6) is 0 Å². The smallest absolute Gasteiger partial charge is 0.330 e. The zero-order valence-electron chi connectivity index (χ0n) is 11.9. The number of aliphatic carboxylic acids is 1. The Morgan fingerprint density at radius 3 is 2.52 bits per heavy atom. The van der Waals surface area contributed by atoms with Crippen molar-refractivity contribution < 1.29 is 19.8 Å². The van der Waals surface area contributed by atoms with Crippen LogP contribution in [0.4, 0.5) is 4.79 Å². The first-order valence-electron chi connectivity index (χ1n) is 7.00. The van der Waals surface area contributed by atoms with Crippen LogP contribution in [-0.2, 0) is 4.79 Å². The third-order valence-corrected chi connectivity index (χ3v) is 3.84. The number of hydrogen-bond acceptors (Lipinski definition) is 3. The van der Waals surface area contributed by atoms with Crippen molar-refractivity contribution in [3.8, 4) is 0 Å². The summed E-state index contributed by atoms with van der Waals surface area (Å²) in [6, 6.07) is 7.12. The number of aliphatic hydroxyl groups is 1. The standard InChI is InChI=1S/C15H20N2O4/c1-10(18)12-7-8-17(9-12)15(21)16-13(14(19)20)11-5-3-2-4-6-11/h2-6,10,12-13,18H,7-9H2,1H3,(H,16,21)(H,19,20)/t10?,12?,13-/m1/s1. The van der Waals surface area contributed by atoms with Crippen LogP contribution in [-0.4, -0.2) is 46.3 Å². The van der Waals surface area contributed by atoms with Gasteiger partial charge in [0, 0.05) is 19.0 Å².